The number of nitrogens with two attached hydrogens (primary N) is 1. The zero-order valence-electron chi connectivity index (χ0n) is 5.60. The first-order valence-electron chi connectivity index (χ1n) is 1.99. The molecule has 0 aliphatic carbocycles. The van der Waals surface area contributed by atoms with Crippen LogP contribution in [0.5, 0.6) is 0 Å². The second-order valence-electron chi connectivity index (χ2n) is 1.00. The summed E-state index contributed by atoms with van der Waals surface area (Å²) in [6, 6.07) is 0. The molecule has 0 aliphatic rings. The summed E-state index contributed by atoms with van der Waals surface area (Å²) in [5.74, 6) is 0. The Morgan fingerprint density at radius 2 is 1.60 bits per heavy atom. The van der Waals surface area contributed by atoms with Gasteiger partial charge in [0.2, 0.25) is 0 Å². The third-order valence-electron chi connectivity index (χ3n) is 0.129. The molecule has 0 atom stereocenters. The Morgan fingerprint density at radius 3 is 1.60 bits per heavy atom. The molecular weight excluding hydrogens is 172 g/mol. The van der Waals surface area contributed by atoms with Crippen LogP contribution in [0.25, 0.3) is 0 Å². The predicted molar refractivity (Wildman–Crippen MR) is 28.2 cm³/mol. The SMILES string of the molecule is NCCO.O=P([O-])(O)O.[Na+]. The van der Waals surface area contributed by atoms with Gasteiger partial charge in [0.05, 0.1) is 6.61 Å². The van der Waals surface area contributed by atoms with Crippen LogP contribution in [0.4, 0.5) is 0 Å². The van der Waals surface area contributed by atoms with Crippen LogP contribution in [-0.4, -0.2) is 28.0 Å². The van der Waals surface area contributed by atoms with Gasteiger partial charge in [0, 0.05) is 6.54 Å². The van der Waals surface area contributed by atoms with Crippen molar-refractivity contribution in [2.45, 2.75) is 0 Å². The number of hydrogen-bond acceptors (Lipinski definition) is 4. The Bertz CT molecular complexity index is 83.4. The molecule has 5 N–H and O–H groups in total. The molecule has 0 spiro atoms. The maximum absolute atomic E-state index is 8.77. The van der Waals surface area contributed by atoms with Gasteiger partial charge in [0.1, 0.15) is 0 Å². The smallest absolute Gasteiger partial charge is 0.756 e. The van der Waals surface area contributed by atoms with Crippen molar-refractivity contribution in [2.75, 3.05) is 13.2 Å². The Balaban J connectivity index is -0.0000000910. The van der Waals surface area contributed by atoms with Crippen molar-refractivity contribution in [3.63, 3.8) is 0 Å². The fourth-order valence-corrected chi connectivity index (χ4v) is 0. The second-order valence-corrected chi connectivity index (χ2v) is 1.98. The van der Waals surface area contributed by atoms with E-state index in [-0.39, 0.29) is 36.2 Å². The summed E-state index contributed by atoms with van der Waals surface area (Å²) in [7, 11) is -4.89. The molecule has 0 aliphatic heterocycles. The quantitative estimate of drug-likeness (QED) is 0.236. The van der Waals surface area contributed by atoms with E-state index >= 15 is 0 Å². The summed E-state index contributed by atoms with van der Waals surface area (Å²) in [6.45, 7) is 0.472. The monoisotopic (exact) mass is 181 g/mol. The second kappa shape index (κ2) is 10.0. The molecule has 58 valence electrons. The number of aliphatic hydroxyl groups is 1. The van der Waals surface area contributed by atoms with Crippen LogP contribution in [0.15, 0.2) is 0 Å². The summed E-state index contributed by atoms with van der Waals surface area (Å²) < 4.78 is 8.77. The fourth-order valence-electron chi connectivity index (χ4n) is 0. The number of aliphatic hydroxyl groups excluding tert-OH is 1. The van der Waals surface area contributed by atoms with Gasteiger partial charge < -0.3 is 25.5 Å². The molecule has 0 aromatic heterocycles. The van der Waals surface area contributed by atoms with Gasteiger partial charge in [-0.2, -0.15) is 0 Å². The molecule has 6 nitrogen and oxygen atoms in total. The van der Waals surface area contributed by atoms with Crippen LogP contribution in [0.1, 0.15) is 0 Å². The van der Waals surface area contributed by atoms with Crippen LogP contribution < -0.4 is 40.2 Å². The van der Waals surface area contributed by atoms with Crippen molar-refractivity contribution < 1.29 is 53.9 Å². The molecule has 0 rings (SSSR count). The third-order valence-corrected chi connectivity index (χ3v) is 0.129. The van der Waals surface area contributed by atoms with Crippen molar-refractivity contribution in [1.82, 2.24) is 0 Å². The summed E-state index contributed by atoms with van der Waals surface area (Å²) >= 11 is 0. The number of phosphoric acid groups is 1. The Morgan fingerprint density at radius 1 is 1.50 bits per heavy atom. The van der Waals surface area contributed by atoms with Gasteiger partial charge in [-0.3, -0.25) is 4.57 Å². The van der Waals surface area contributed by atoms with Gasteiger partial charge in [0.25, 0.3) is 7.82 Å². The van der Waals surface area contributed by atoms with Crippen molar-refractivity contribution in [3.05, 3.63) is 0 Å². The summed E-state index contributed by atoms with van der Waals surface area (Å²) in [5.41, 5.74) is 4.78. The first-order chi connectivity index (χ1) is 3.91. The Kier molecular flexibility index (Phi) is 17.3. The van der Waals surface area contributed by atoms with Crippen molar-refractivity contribution in [1.29, 1.82) is 0 Å². The molecule has 0 saturated heterocycles. The van der Waals surface area contributed by atoms with Crippen LogP contribution in [0, 0.1) is 0 Å². The Labute approximate surface area is 80.6 Å². The minimum Gasteiger partial charge on any atom is -0.756 e. The fraction of sp³-hybridized carbons (Fsp3) is 1.00. The third kappa shape index (κ3) is 141. The zero-order valence-corrected chi connectivity index (χ0v) is 8.49. The van der Waals surface area contributed by atoms with E-state index in [1.165, 1.54) is 0 Å². The Hall–Kier alpha value is 1.03. The normalized spacial score (nSPS) is 8.90. The van der Waals surface area contributed by atoms with E-state index in [1.807, 2.05) is 0 Å². The predicted octanol–water partition coefficient (Wildman–Crippen LogP) is -5.62. The molecule has 0 unspecified atom stereocenters. The first kappa shape index (κ1) is 17.2. The van der Waals surface area contributed by atoms with Crippen molar-refractivity contribution in [2.24, 2.45) is 5.73 Å². The molecule has 0 heterocycles. The van der Waals surface area contributed by atoms with Gasteiger partial charge in [-0.05, 0) is 0 Å². The molecule has 0 radical (unpaired) electrons. The molecule has 0 fully saturated rings. The van der Waals surface area contributed by atoms with E-state index in [9.17, 15) is 0 Å². The van der Waals surface area contributed by atoms with Crippen LogP contribution >= 0.6 is 7.82 Å². The summed E-state index contributed by atoms with van der Waals surface area (Å²) in [6.07, 6.45) is 0. The molecule has 0 amide bonds. The minimum atomic E-state index is -4.89. The molecule has 0 aromatic carbocycles. The van der Waals surface area contributed by atoms with Crippen LogP contribution in [0.3, 0.4) is 0 Å². The standard InChI is InChI=1S/C2H7NO.Na.H3O4P/c3-1-2-4;;1-5(2,3)4/h4H,1-3H2;;(H3,1,2,3,4)/q;+1;/p-1. The van der Waals surface area contributed by atoms with Crippen LogP contribution in [0.2, 0.25) is 0 Å². The van der Waals surface area contributed by atoms with E-state index < -0.39 is 7.82 Å². The summed E-state index contributed by atoms with van der Waals surface area (Å²) in [4.78, 5) is 22.9. The van der Waals surface area contributed by atoms with Gasteiger partial charge in [-0.25, -0.2) is 0 Å². The minimum absolute atomic E-state index is 0. The van der Waals surface area contributed by atoms with Crippen molar-refractivity contribution in [3.8, 4) is 0 Å². The van der Waals surface area contributed by atoms with Gasteiger partial charge >= 0.3 is 29.6 Å². The van der Waals surface area contributed by atoms with Crippen LogP contribution in [-0.2, 0) is 4.57 Å². The molecular formula is C2H9NNaO5P. The molecule has 0 saturated carbocycles. The maximum Gasteiger partial charge on any atom is 1.00 e. The topological polar surface area (TPSA) is 127 Å². The number of hydrogen-bond donors (Lipinski definition) is 4. The molecule has 0 aromatic rings. The van der Waals surface area contributed by atoms with Gasteiger partial charge in [-0.1, -0.05) is 0 Å². The molecule has 0 bridgehead atoms. The van der Waals surface area contributed by atoms with E-state index in [4.69, 9.17) is 30.1 Å². The largest absolute Gasteiger partial charge is 1.00 e. The zero-order chi connectivity index (χ0) is 7.91. The average molecular weight is 181 g/mol. The first-order valence-corrected chi connectivity index (χ1v) is 3.52. The van der Waals surface area contributed by atoms with Gasteiger partial charge in [0.15, 0.2) is 0 Å². The maximum atomic E-state index is 8.77. The average Bonchev–Trinajstić information content (AvgIpc) is 1.61. The molecule has 8 heteroatoms. The summed E-state index contributed by atoms with van der Waals surface area (Å²) in [5, 5.41) is 7.75. The van der Waals surface area contributed by atoms with Crippen molar-refractivity contribution >= 4 is 7.82 Å². The van der Waals surface area contributed by atoms with E-state index in [0.717, 1.165) is 0 Å². The van der Waals surface area contributed by atoms with E-state index in [2.05, 4.69) is 0 Å². The van der Waals surface area contributed by atoms with E-state index in [0.29, 0.717) is 6.54 Å². The molecule has 10 heavy (non-hydrogen) atoms. The van der Waals surface area contributed by atoms with E-state index in [1.54, 1.807) is 0 Å². The van der Waals surface area contributed by atoms with Gasteiger partial charge in [-0.15, -0.1) is 0 Å². The number of rotatable bonds is 1.